The number of aromatic nitrogens is 2. The number of benzene rings is 1. The van der Waals surface area contributed by atoms with Crippen LogP contribution in [0, 0.1) is 0 Å². The molecule has 0 bridgehead atoms. The molecule has 2 aliphatic heterocycles. The van der Waals surface area contributed by atoms with Gasteiger partial charge >= 0.3 is 0 Å². The Labute approximate surface area is 166 Å². The third-order valence-corrected chi connectivity index (χ3v) is 7.58. The molecule has 8 nitrogen and oxygen atoms in total. The molecule has 0 N–H and O–H groups in total. The van der Waals surface area contributed by atoms with Gasteiger partial charge in [-0.15, -0.1) is 0 Å². The summed E-state index contributed by atoms with van der Waals surface area (Å²) in [6, 6.07) is 6.36. The molecule has 152 valence electrons. The molecule has 2 fully saturated rings. The maximum absolute atomic E-state index is 11.9. The van der Waals surface area contributed by atoms with Crippen LogP contribution in [0.1, 0.15) is 6.42 Å². The zero-order valence-corrected chi connectivity index (χ0v) is 17.4. The second-order valence-corrected chi connectivity index (χ2v) is 9.78. The van der Waals surface area contributed by atoms with Gasteiger partial charge in [0.15, 0.2) is 0 Å². The minimum atomic E-state index is -2.99. The predicted molar refractivity (Wildman–Crippen MR) is 112 cm³/mol. The summed E-state index contributed by atoms with van der Waals surface area (Å²) in [5, 5.41) is 1.06. The van der Waals surface area contributed by atoms with Crippen molar-refractivity contribution < 1.29 is 8.42 Å². The van der Waals surface area contributed by atoms with E-state index in [2.05, 4.69) is 38.0 Å². The summed E-state index contributed by atoms with van der Waals surface area (Å²) in [7, 11) is 0.994. The summed E-state index contributed by atoms with van der Waals surface area (Å²) in [6.07, 6.45) is 2.37. The summed E-state index contributed by atoms with van der Waals surface area (Å²) in [4.78, 5) is 15.5. The third-order valence-electron chi connectivity index (χ3n) is 5.63. The van der Waals surface area contributed by atoms with Gasteiger partial charge in [0, 0.05) is 71.0 Å². The van der Waals surface area contributed by atoms with E-state index in [0.29, 0.717) is 18.8 Å². The van der Waals surface area contributed by atoms with Crippen molar-refractivity contribution in [2.75, 3.05) is 75.5 Å². The molecule has 1 aromatic heterocycles. The first kappa shape index (κ1) is 19.4. The highest BCUT2D eigenvalue weighted by atomic mass is 32.2. The fraction of sp³-hybridized carbons (Fsp3) is 0.579. The Morgan fingerprint density at radius 3 is 2.50 bits per heavy atom. The average Bonchev–Trinajstić information content (AvgIpc) is 3.03. The van der Waals surface area contributed by atoms with E-state index in [-0.39, 0.29) is 0 Å². The standard InChI is InChI=1S/C19H28N6O2S/c1-22(2)19-17-14-16(4-5-18(17)20-15-21-19)24-10-7-23(8-11-24)9-12-25-6-3-13-28(25,26)27/h4-5,14-15H,3,6-13H2,1-2H3. The van der Waals surface area contributed by atoms with Crippen LogP contribution in [0.5, 0.6) is 0 Å². The number of anilines is 2. The molecule has 0 unspecified atom stereocenters. The van der Waals surface area contributed by atoms with E-state index in [0.717, 1.165) is 55.9 Å². The van der Waals surface area contributed by atoms with E-state index in [1.54, 1.807) is 10.6 Å². The lowest BCUT2D eigenvalue weighted by Gasteiger charge is -2.36. The van der Waals surface area contributed by atoms with Crippen LogP contribution in [0.25, 0.3) is 10.9 Å². The Hall–Kier alpha value is -1.97. The third kappa shape index (κ3) is 3.92. The second-order valence-electron chi connectivity index (χ2n) is 7.69. The average molecular weight is 405 g/mol. The molecular weight excluding hydrogens is 376 g/mol. The molecule has 3 heterocycles. The number of nitrogens with zero attached hydrogens (tertiary/aromatic N) is 6. The van der Waals surface area contributed by atoms with Crippen molar-refractivity contribution in [3.63, 3.8) is 0 Å². The van der Waals surface area contributed by atoms with Crippen LogP contribution < -0.4 is 9.80 Å². The van der Waals surface area contributed by atoms with Gasteiger partial charge in [-0.25, -0.2) is 22.7 Å². The molecule has 0 atom stereocenters. The van der Waals surface area contributed by atoms with Gasteiger partial charge < -0.3 is 9.80 Å². The highest BCUT2D eigenvalue weighted by Gasteiger charge is 2.28. The van der Waals surface area contributed by atoms with Gasteiger partial charge in [0.25, 0.3) is 0 Å². The SMILES string of the molecule is CN(C)c1ncnc2ccc(N3CCN(CCN4CCCS4(=O)=O)CC3)cc12. The van der Waals surface area contributed by atoms with Crippen molar-refractivity contribution in [2.45, 2.75) is 6.42 Å². The first-order valence-electron chi connectivity index (χ1n) is 9.81. The van der Waals surface area contributed by atoms with Crippen molar-refractivity contribution in [2.24, 2.45) is 0 Å². The molecule has 2 aromatic rings. The van der Waals surface area contributed by atoms with Crippen molar-refractivity contribution in [1.82, 2.24) is 19.2 Å². The fourth-order valence-corrected chi connectivity index (χ4v) is 5.53. The van der Waals surface area contributed by atoms with Crippen molar-refractivity contribution >= 4 is 32.4 Å². The molecule has 2 saturated heterocycles. The fourth-order valence-electron chi connectivity index (χ4n) is 4.01. The Morgan fingerprint density at radius 1 is 1.04 bits per heavy atom. The molecule has 0 spiro atoms. The minimum absolute atomic E-state index is 0.307. The summed E-state index contributed by atoms with van der Waals surface area (Å²) in [6.45, 7) is 5.85. The van der Waals surface area contributed by atoms with E-state index >= 15 is 0 Å². The van der Waals surface area contributed by atoms with Crippen molar-refractivity contribution in [3.8, 4) is 0 Å². The van der Waals surface area contributed by atoms with Crippen LogP contribution in [-0.4, -0.2) is 93.3 Å². The molecule has 0 aliphatic carbocycles. The van der Waals surface area contributed by atoms with Crippen molar-refractivity contribution in [3.05, 3.63) is 24.5 Å². The molecule has 0 radical (unpaired) electrons. The molecule has 0 amide bonds. The number of hydrogen-bond acceptors (Lipinski definition) is 7. The van der Waals surface area contributed by atoms with Gasteiger partial charge in [0.1, 0.15) is 12.1 Å². The number of piperazine rings is 1. The summed E-state index contributed by atoms with van der Waals surface area (Å²) < 4.78 is 25.5. The molecule has 4 rings (SSSR count). The maximum atomic E-state index is 11.9. The molecule has 9 heteroatoms. The quantitative estimate of drug-likeness (QED) is 0.732. The van der Waals surface area contributed by atoms with Gasteiger partial charge in [-0.05, 0) is 24.6 Å². The lowest BCUT2D eigenvalue weighted by Crippen LogP contribution is -2.48. The highest BCUT2D eigenvalue weighted by molar-refractivity contribution is 7.89. The molecule has 1 aromatic carbocycles. The van der Waals surface area contributed by atoms with E-state index in [1.807, 2.05) is 19.0 Å². The summed E-state index contributed by atoms with van der Waals surface area (Å²) in [5.41, 5.74) is 2.14. The molecule has 0 saturated carbocycles. The number of hydrogen-bond donors (Lipinski definition) is 0. The monoisotopic (exact) mass is 404 g/mol. The van der Waals surface area contributed by atoms with Gasteiger partial charge in [-0.1, -0.05) is 0 Å². The first-order valence-corrected chi connectivity index (χ1v) is 11.4. The van der Waals surface area contributed by atoms with Crippen LogP contribution in [-0.2, 0) is 10.0 Å². The van der Waals surface area contributed by atoms with Crippen LogP contribution >= 0.6 is 0 Å². The lowest BCUT2D eigenvalue weighted by molar-refractivity contribution is 0.240. The van der Waals surface area contributed by atoms with Crippen LogP contribution in [0.4, 0.5) is 11.5 Å². The van der Waals surface area contributed by atoms with E-state index in [4.69, 9.17) is 0 Å². The van der Waals surface area contributed by atoms with E-state index in [1.165, 1.54) is 5.69 Å². The molecular formula is C19H28N6O2S. The maximum Gasteiger partial charge on any atom is 0.214 e. The number of rotatable bonds is 5. The summed E-state index contributed by atoms with van der Waals surface area (Å²) in [5.74, 6) is 1.24. The van der Waals surface area contributed by atoms with E-state index < -0.39 is 10.0 Å². The van der Waals surface area contributed by atoms with Crippen LogP contribution in [0.15, 0.2) is 24.5 Å². The number of fused-ring (bicyclic) bond motifs is 1. The van der Waals surface area contributed by atoms with E-state index in [9.17, 15) is 8.42 Å². The first-order chi connectivity index (χ1) is 13.4. The van der Waals surface area contributed by atoms with Crippen LogP contribution in [0.2, 0.25) is 0 Å². The van der Waals surface area contributed by atoms with Gasteiger partial charge in [-0.2, -0.15) is 0 Å². The predicted octanol–water partition coefficient (Wildman–Crippen LogP) is 0.853. The Balaban J connectivity index is 1.39. The highest BCUT2D eigenvalue weighted by Crippen LogP contribution is 2.27. The zero-order chi connectivity index (χ0) is 19.7. The van der Waals surface area contributed by atoms with Gasteiger partial charge in [0.05, 0.1) is 11.3 Å². The minimum Gasteiger partial charge on any atom is -0.369 e. The Kier molecular flexibility index (Phi) is 5.39. The van der Waals surface area contributed by atoms with Gasteiger partial charge in [0.2, 0.25) is 10.0 Å². The topological polar surface area (TPSA) is 72.9 Å². The summed E-state index contributed by atoms with van der Waals surface area (Å²) >= 11 is 0. The second kappa shape index (κ2) is 7.81. The molecule has 2 aliphatic rings. The van der Waals surface area contributed by atoms with Gasteiger partial charge in [-0.3, -0.25) is 4.90 Å². The van der Waals surface area contributed by atoms with Crippen molar-refractivity contribution in [1.29, 1.82) is 0 Å². The molecule has 28 heavy (non-hydrogen) atoms. The normalized spacial score (nSPS) is 20.7. The smallest absolute Gasteiger partial charge is 0.214 e. The zero-order valence-electron chi connectivity index (χ0n) is 16.6. The lowest BCUT2D eigenvalue weighted by atomic mass is 10.1. The largest absolute Gasteiger partial charge is 0.369 e. The Bertz CT molecular complexity index is 941. The number of sulfonamides is 1. The Morgan fingerprint density at radius 2 is 1.82 bits per heavy atom. The van der Waals surface area contributed by atoms with Crippen LogP contribution in [0.3, 0.4) is 0 Å².